The number of halogens is 2. The van der Waals surface area contributed by atoms with E-state index in [1.54, 1.807) is 23.1 Å². The first-order valence-corrected chi connectivity index (χ1v) is 11.6. The molecule has 164 valence electrons. The predicted octanol–water partition coefficient (Wildman–Crippen LogP) is 4.33. The van der Waals surface area contributed by atoms with Crippen LogP contribution in [0.4, 0.5) is 0 Å². The Balaban J connectivity index is 1.46. The van der Waals surface area contributed by atoms with E-state index in [1.807, 2.05) is 11.0 Å². The summed E-state index contributed by atoms with van der Waals surface area (Å²) in [5.41, 5.74) is 0.816. The van der Waals surface area contributed by atoms with Crippen LogP contribution in [0.25, 0.3) is 6.08 Å². The summed E-state index contributed by atoms with van der Waals surface area (Å²) in [6.07, 6.45) is 9.89. The van der Waals surface area contributed by atoms with E-state index < -0.39 is 0 Å². The molecule has 3 rings (SSSR count). The minimum atomic E-state index is -0.0864. The van der Waals surface area contributed by atoms with Gasteiger partial charge in [-0.25, -0.2) is 0 Å². The average molecular weight is 452 g/mol. The zero-order valence-electron chi connectivity index (χ0n) is 17.7. The fourth-order valence-electron chi connectivity index (χ4n) is 4.25. The van der Waals surface area contributed by atoms with Gasteiger partial charge >= 0.3 is 0 Å². The molecule has 0 atom stereocenters. The molecule has 1 aromatic rings. The molecular formula is C23H31Cl2N3O2. The Hall–Kier alpha value is -1.56. The van der Waals surface area contributed by atoms with E-state index in [0.717, 1.165) is 25.1 Å². The highest BCUT2D eigenvalue weighted by Gasteiger charge is 2.23. The quantitative estimate of drug-likeness (QED) is 0.579. The summed E-state index contributed by atoms with van der Waals surface area (Å²) < 4.78 is 0. The number of benzene rings is 1. The Kier molecular flexibility index (Phi) is 8.61. The van der Waals surface area contributed by atoms with E-state index in [-0.39, 0.29) is 11.8 Å². The second-order valence-corrected chi connectivity index (χ2v) is 9.05. The third kappa shape index (κ3) is 6.47. The molecule has 0 radical (unpaired) electrons. The van der Waals surface area contributed by atoms with Crippen LogP contribution < -0.4 is 0 Å². The lowest BCUT2D eigenvalue weighted by Crippen LogP contribution is -2.37. The molecule has 0 aromatic heterocycles. The molecule has 1 saturated heterocycles. The van der Waals surface area contributed by atoms with Gasteiger partial charge < -0.3 is 14.7 Å². The van der Waals surface area contributed by atoms with Crippen molar-refractivity contribution < 1.29 is 9.59 Å². The van der Waals surface area contributed by atoms with Crippen molar-refractivity contribution in [2.45, 2.75) is 44.6 Å². The van der Waals surface area contributed by atoms with Crippen molar-refractivity contribution in [1.29, 1.82) is 0 Å². The van der Waals surface area contributed by atoms with Crippen molar-refractivity contribution in [3.05, 3.63) is 39.9 Å². The van der Waals surface area contributed by atoms with Crippen LogP contribution in [0.2, 0.25) is 10.0 Å². The maximum Gasteiger partial charge on any atom is 0.246 e. The molecule has 7 heteroatoms. The van der Waals surface area contributed by atoms with Gasteiger partial charge in [0.2, 0.25) is 11.8 Å². The van der Waals surface area contributed by atoms with Gasteiger partial charge in [-0.1, -0.05) is 42.1 Å². The first-order chi connectivity index (χ1) is 14.4. The van der Waals surface area contributed by atoms with E-state index in [9.17, 15) is 9.59 Å². The Morgan fingerprint density at radius 1 is 1.17 bits per heavy atom. The number of hydrogen-bond donors (Lipinski definition) is 0. The molecule has 0 unspecified atom stereocenters. The number of carbonyl (C=O) groups is 2. The molecule has 30 heavy (non-hydrogen) atoms. The zero-order valence-corrected chi connectivity index (χ0v) is 19.2. The molecular weight excluding hydrogens is 421 g/mol. The molecule has 2 amide bonds. The molecule has 5 nitrogen and oxygen atoms in total. The predicted molar refractivity (Wildman–Crippen MR) is 123 cm³/mol. The molecule has 0 N–H and O–H groups in total. The molecule has 1 saturated carbocycles. The maximum atomic E-state index is 12.6. The fourth-order valence-corrected chi connectivity index (χ4v) is 4.56. The topological polar surface area (TPSA) is 43.9 Å². The van der Waals surface area contributed by atoms with Gasteiger partial charge in [-0.3, -0.25) is 9.59 Å². The smallest absolute Gasteiger partial charge is 0.246 e. The molecule has 1 aliphatic heterocycles. The van der Waals surface area contributed by atoms with Crippen LogP contribution in [-0.4, -0.2) is 72.3 Å². The lowest BCUT2D eigenvalue weighted by atomic mass is 10.2. The first-order valence-electron chi connectivity index (χ1n) is 10.8. The van der Waals surface area contributed by atoms with Gasteiger partial charge in [-0.2, -0.15) is 0 Å². The highest BCUT2D eigenvalue weighted by atomic mass is 35.5. The summed E-state index contributed by atoms with van der Waals surface area (Å²) >= 11 is 11.9. The molecule has 0 spiro atoms. The van der Waals surface area contributed by atoms with Gasteiger partial charge in [0.05, 0.1) is 10.0 Å². The largest absolute Gasteiger partial charge is 0.341 e. The van der Waals surface area contributed by atoms with E-state index in [2.05, 4.69) is 11.9 Å². The minimum Gasteiger partial charge on any atom is -0.341 e. The van der Waals surface area contributed by atoms with Crippen molar-refractivity contribution in [1.82, 2.24) is 14.7 Å². The number of carbonyl (C=O) groups excluding carboxylic acids is 2. The van der Waals surface area contributed by atoms with Crippen LogP contribution in [0.1, 0.15) is 44.1 Å². The standard InChI is InChI=1S/C23H31Cl2N3O2/c1-26(19-5-2-3-6-19)12-4-13-27-15-16-28(14-11-23(27)30)22(29)10-8-18-7-9-20(24)21(25)17-18/h7-10,17,19H,2-6,11-16H2,1H3/b10-8+. The molecule has 0 bridgehead atoms. The maximum absolute atomic E-state index is 12.6. The second kappa shape index (κ2) is 11.2. The first kappa shape index (κ1) is 23.1. The van der Waals surface area contributed by atoms with Gasteiger partial charge in [0, 0.05) is 44.7 Å². The lowest BCUT2D eigenvalue weighted by molar-refractivity contribution is -0.130. The summed E-state index contributed by atoms with van der Waals surface area (Å²) in [5, 5.41) is 0.946. The Morgan fingerprint density at radius 3 is 2.67 bits per heavy atom. The van der Waals surface area contributed by atoms with Crippen LogP contribution in [0, 0.1) is 0 Å². The van der Waals surface area contributed by atoms with Gasteiger partial charge in [-0.05, 0) is 56.6 Å². The number of amides is 2. The van der Waals surface area contributed by atoms with E-state index >= 15 is 0 Å². The number of rotatable bonds is 7. The molecule has 2 aliphatic rings. The van der Waals surface area contributed by atoms with Crippen LogP contribution >= 0.6 is 23.2 Å². The number of hydrogen-bond acceptors (Lipinski definition) is 3. The summed E-state index contributed by atoms with van der Waals surface area (Å²) in [7, 11) is 2.20. The number of nitrogens with zero attached hydrogens (tertiary/aromatic N) is 3. The third-order valence-electron chi connectivity index (χ3n) is 6.15. The van der Waals surface area contributed by atoms with E-state index in [4.69, 9.17) is 23.2 Å². The molecule has 1 aromatic carbocycles. The highest BCUT2D eigenvalue weighted by molar-refractivity contribution is 6.42. The van der Waals surface area contributed by atoms with E-state index in [0.29, 0.717) is 42.1 Å². The highest BCUT2D eigenvalue weighted by Crippen LogP contribution is 2.23. The van der Waals surface area contributed by atoms with E-state index in [1.165, 1.54) is 31.8 Å². The SMILES string of the molecule is CN(CCCN1CCN(C(=O)/C=C/c2ccc(Cl)c(Cl)c2)CCC1=O)C1CCCC1. The fraction of sp³-hybridized carbons (Fsp3) is 0.565. The minimum absolute atomic E-state index is 0.0864. The van der Waals surface area contributed by atoms with Crippen LogP contribution in [0.3, 0.4) is 0 Å². The van der Waals surface area contributed by atoms with Crippen molar-refractivity contribution in [3.8, 4) is 0 Å². The van der Waals surface area contributed by atoms with Crippen molar-refractivity contribution >= 4 is 41.1 Å². The summed E-state index contributed by atoms with van der Waals surface area (Å²) in [6.45, 7) is 3.40. The summed E-state index contributed by atoms with van der Waals surface area (Å²) in [6, 6.07) is 5.96. The Labute approximate surface area is 189 Å². The third-order valence-corrected chi connectivity index (χ3v) is 6.89. The Morgan fingerprint density at radius 2 is 1.93 bits per heavy atom. The molecule has 1 heterocycles. The molecule has 1 aliphatic carbocycles. The molecule has 2 fully saturated rings. The van der Waals surface area contributed by atoms with Gasteiger partial charge in [0.1, 0.15) is 0 Å². The second-order valence-electron chi connectivity index (χ2n) is 8.24. The normalized spacial score (nSPS) is 18.6. The monoisotopic (exact) mass is 451 g/mol. The van der Waals surface area contributed by atoms with Crippen LogP contribution in [-0.2, 0) is 9.59 Å². The van der Waals surface area contributed by atoms with Gasteiger partial charge in [0.15, 0.2) is 0 Å². The van der Waals surface area contributed by atoms with Gasteiger partial charge in [0.25, 0.3) is 0 Å². The summed E-state index contributed by atoms with van der Waals surface area (Å²) in [5.74, 6) is 0.0546. The Bertz CT molecular complexity index is 778. The lowest BCUT2D eigenvalue weighted by Gasteiger charge is -2.26. The van der Waals surface area contributed by atoms with Crippen molar-refractivity contribution in [3.63, 3.8) is 0 Å². The van der Waals surface area contributed by atoms with Gasteiger partial charge in [-0.15, -0.1) is 0 Å². The van der Waals surface area contributed by atoms with Crippen molar-refractivity contribution in [2.24, 2.45) is 0 Å². The van der Waals surface area contributed by atoms with Crippen LogP contribution in [0.15, 0.2) is 24.3 Å². The zero-order chi connectivity index (χ0) is 21.5. The summed E-state index contributed by atoms with van der Waals surface area (Å²) in [4.78, 5) is 31.2. The van der Waals surface area contributed by atoms with Crippen LogP contribution in [0.5, 0.6) is 0 Å². The van der Waals surface area contributed by atoms with Crippen molar-refractivity contribution in [2.75, 3.05) is 39.8 Å². The average Bonchev–Trinajstić information content (AvgIpc) is 3.21.